The van der Waals surface area contributed by atoms with Crippen LogP contribution in [-0.2, 0) is 0 Å². The van der Waals surface area contributed by atoms with Gasteiger partial charge in [-0.2, -0.15) is 5.26 Å². The average Bonchev–Trinajstić information content (AvgIpc) is 2.32. The summed E-state index contributed by atoms with van der Waals surface area (Å²) in [5.74, 6) is -2.46. The van der Waals surface area contributed by atoms with Crippen LogP contribution in [0.1, 0.15) is 27.6 Å². The molecule has 0 atom stereocenters. The van der Waals surface area contributed by atoms with Crippen LogP contribution < -0.4 is 0 Å². The number of hydrogen-bond acceptors (Lipinski definition) is 4. The molecule has 0 fully saturated rings. The molecule has 0 aliphatic heterocycles. The third-order valence-corrected chi connectivity index (χ3v) is 1.39. The van der Waals surface area contributed by atoms with E-state index in [1.807, 2.05) is 0 Å². The molecule has 6 nitrogen and oxygen atoms in total. The Kier molecular flexibility index (Phi) is 10.2. The van der Waals surface area contributed by atoms with Crippen LogP contribution in [0.25, 0.3) is 0 Å². The number of aliphatic hydroxyl groups excluding tert-OH is 1. The fourth-order valence-electron chi connectivity index (χ4n) is 0.856. The maximum Gasteiger partial charge on any atom is 0.336 e. The molecule has 0 radical (unpaired) electrons. The molecule has 3 N–H and O–H groups in total. The largest absolute Gasteiger partial charge is 0.478 e. The second kappa shape index (κ2) is 10.1. The van der Waals surface area contributed by atoms with Crippen molar-refractivity contribution in [3.63, 3.8) is 0 Å². The van der Waals surface area contributed by atoms with Gasteiger partial charge in [0.1, 0.15) is 0 Å². The third-order valence-electron chi connectivity index (χ3n) is 1.39. The van der Waals surface area contributed by atoms with Gasteiger partial charge in [0.25, 0.3) is 0 Å². The lowest BCUT2D eigenvalue weighted by molar-refractivity contribution is 0.0651. The Morgan fingerprint density at radius 1 is 1.06 bits per heavy atom. The molecular weight excluding hydrogens is 226 g/mol. The van der Waals surface area contributed by atoms with Crippen molar-refractivity contribution >= 4 is 11.9 Å². The van der Waals surface area contributed by atoms with E-state index >= 15 is 0 Å². The molecule has 92 valence electrons. The van der Waals surface area contributed by atoms with Gasteiger partial charge in [-0.3, -0.25) is 0 Å². The highest BCUT2D eigenvalue weighted by Gasteiger charge is 2.13. The molecule has 0 bridgehead atoms. The minimum absolute atomic E-state index is 0.190. The van der Waals surface area contributed by atoms with Crippen LogP contribution >= 0.6 is 0 Å². The van der Waals surface area contributed by atoms with Gasteiger partial charge in [-0.05, 0) is 12.1 Å². The van der Waals surface area contributed by atoms with Gasteiger partial charge in [0.15, 0.2) is 0 Å². The molecule has 6 heteroatoms. The van der Waals surface area contributed by atoms with E-state index in [1.165, 1.54) is 31.2 Å². The van der Waals surface area contributed by atoms with E-state index in [1.54, 1.807) is 6.07 Å². The maximum absolute atomic E-state index is 10.5. The van der Waals surface area contributed by atoms with Crippen molar-refractivity contribution in [1.29, 1.82) is 5.26 Å². The monoisotopic (exact) mass is 239 g/mol. The third kappa shape index (κ3) is 6.65. The van der Waals surface area contributed by atoms with Crippen molar-refractivity contribution in [1.82, 2.24) is 0 Å². The quantitative estimate of drug-likeness (QED) is 0.713. The summed E-state index contributed by atoms with van der Waals surface area (Å²) in [4.78, 5) is 20.9. The highest BCUT2D eigenvalue weighted by molar-refractivity contribution is 6.01. The fourth-order valence-corrected chi connectivity index (χ4v) is 0.856. The molecule has 0 amide bonds. The van der Waals surface area contributed by atoms with E-state index in [0.29, 0.717) is 0 Å². The van der Waals surface area contributed by atoms with Crippen LogP contribution in [0.3, 0.4) is 0 Å². The molecular formula is C11H13NO5. The average molecular weight is 239 g/mol. The fraction of sp³-hybridized carbons (Fsp3) is 0.182. The zero-order valence-corrected chi connectivity index (χ0v) is 9.41. The Morgan fingerprint density at radius 3 is 1.47 bits per heavy atom. The van der Waals surface area contributed by atoms with Gasteiger partial charge in [-0.25, -0.2) is 9.59 Å². The number of carboxylic acid groups (broad SMARTS) is 2. The second-order valence-corrected chi connectivity index (χ2v) is 2.38. The molecule has 0 spiro atoms. The molecule has 0 heterocycles. The summed E-state index contributed by atoms with van der Waals surface area (Å²) >= 11 is 0. The van der Waals surface area contributed by atoms with E-state index < -0.39 is 11.9 Å². The Balaban J connectivity index is 0. The van der Waals surface area contributed by atoms with Gasteiger partial charge >= 0.3 is 11.9 Å². The van der Waals surface area contributed by atoms with Crippen molar-refractivity contribution in [2.75, 3.05) is 7.11 Å². The normalized spacial score (nSPS) is 7.41. The van der Waals surface area contributed by atoms with Crippen LogP contribution in [0.15, 0.2) is 24.3 Å². The van der Waals surface area contributed by atoms with E-state index in [2.05, 4.69) is 0 Å². The van der Waals surface area contributed by atoms with Crippen LogP contribution in [0.5, 0.6) is 0 Å². The van der Waals surface area contributed by atoms with Crippen molar-refractivity contribution in [2.45, 2.75) is 6.92 Å². The first-order chi connectivity index (χ1) is 8.04. The number of carbonyl (C=O) groups is 2. The van der Waals surface area contributed by atoms with Crippen molar-refractivity contribution in [3.05, 3.63) is 35.4 Å². The number of hydrogen-bond donors (Lipinski definition) is 3. The Hall–Kier alpha value is -2.39. The van der Waals surface area contributed by atoms with Gasteiger partial charge < -0.3 is 15.3 Å². The number of benzene rings is 1. The van der Waals surface area contributed by atoms with Gasteiger partial charge in [0.2, 0.25) is 0 Å². The second-order valence-electron chi connectivity index (χ2n) is 2.38. The summed E-state index contributed by atoms with van der Waals surface area (Å²) in [5, 5.41) is 31.4. The predicted molar refractivity (Wildman–Crippen MR) is 59.8 cm³/mol. The minimum atomic E-state index is -1.23. The standard InChI is InChI=1S/C8H6O4.C2H3N.CH4O/c9-7(10)5-3-1-2-4-6(5)8(11)12;1-2-3;1-2/h1-4H,(H,9,10)(H,11,12);1H3;2H,1H3. The van der Waals surface area contributed by atoms with E-state index in [4.69, 9.17) is 20.6 Å². The SMILES string of the molecule is CC#N.CO.O=C(O)c1ccccc1C(=O)O. The van der Waals surface area contributed by atoms with E-state index in [9.17, 15) is 9.59 Å². The first kappa shape index (κ1) is 17.0. The van der Waals surface area contributed by atoms with Crippen molar-refractivity contribution < 1.29 is 24.9 Å². The topological polar surface area (TPSA) is 119 Å². The summed E-state index contributed by atoms with van der Waals surface area (Å²) in [7, 11) is 1.00. The molecule has 1 aromatic carbocycles. The summed E-state index contributed by atoms with van der Waals surface area (Å²) in [6.45, 7) is 1.43. The number of aromatic carboxylic acids is 2. The van der Waals surface area contributed by atoms with Crippen LogP contribution in [0.4, 0.5) is 0 Å². The molecule has 0 aliphatic carbocycles. The molecule has 17 heavy (non-hydrogen) atoms. The molecule has 0 aromatic heterocycles. The van der Waals surface area contributed by atoms with E-state index in [0.717, 1.165) is 7.11 Å². The molecule has 1 aromatic rings. The van der Waals surface area contributed by atoms with Crippen molar-refractivity contribution in [3.8, 4) is 6.07 Å². The van der Waals surface area contributed by atoms with Crippen LogP contribution in [0.2, 0.25) is 0 Å². The Labute approximate surface area is 98.4 Å². The van der Waals surface area contributed by atoms with Gasteiger partial charge in [-0.15, -0.1) is 0 Å². The highest BCUT2D eigenvalue weighted by atomic mass is 16.4. The number of nitriles is 1. The molecule has 0 unspecified atom stereocenters. The lowest BCUT2D eigenvalue weighted by Gasteiger charge is -1.98. The summed E-state index contributed by atoms with van der Waals surface area (Å²) in [6.07, 6.45) is 0. The summed E-state index contributed by atoms with van der Waals surface area (Å²) in [5.41, 5.74) is -0.380. The van der Waals surface area contributed by atoms with Gasteiger partial charge in [-0.1, -0.05) is 12.1 Å². The van der Waals surface area contributed by atoms with E-state index in [-0.39, 0.29) is 11.1 Å². The highest BCUT2D eigenvalue weighted by Crippen LogP contribution is 2.07. The zero-order valence-electron chi connectivity index (χ0n) is 9.41. The number of aliphatic hydroxyl groups is 1. The lowest BCUT2D eigenvalue weighted by atomic mass is 10.1. The molecule has 1 rings (SSSR count). The maximum atomic E-state index is 10.5. The van der Waals surface area contributed by atoms with Crippen LogP contribution in [-0.4, -0.2) is 34.4 Å². The minimum Gasteiger partial charge on any atom is -0.478 e. The first-order valence-corrected chi connectivity index (χ1v) is 4.35. The molecule has 0 saturated heterocycles. The number of carboxylic acids is 2. The van der Waals surface area contributed by atoms with Gasteiger partial charge in [0, 0.05) is 14.0 Å². The zero-order chi connectivity index (χ0) is 13.8. The summed E-state index contributed by atoms with van der Waals surface area (Å²) < 4.78 is 0. The summed E-state index contributed by atoms with van der Waals surface area (Å²) in [6, 6.07) is 7.23. The first-order valence-electron chi connectivity index (χ1n) is 4.35. The van der Waals surface area contributed by atoms with Crippen molar-refractivity contribution in [2.24, 2.45) is 0 Å². The predicted octanol–water partition coefficient (Wildman–Crippen LogP) is 1.22. The smallest absolute Gasteiger partial charge is 0.336 e. The molecule has 0 aliphatic rings. The molecule has 0 saturated carbocycles. The number of rotatable bonds is 2. The lowest BCUT2D eigenvalue weighted by Crippen LogP contribution is -2.06. The van der Waals surface area contributed by atoms with Crippen LogP contribution in [0, 0.1) is 11.3 Å². The Bertz CT molecular complexity index is 376. The van der Waals surface area contributed by atoms with Gasteiger partial charge in [0.05, 0.1) is 17.2 Å². The Morgan fingerprint density at radius 2 is 1.29 bits per heavy atom. The number of nitrogens with zero attached hydrogens (tertiary/aromatic N) is 1.